The number of piperidine rings is 2. The smallest absolute Gasteiger partial charge is 0.409 e. The van der Waals surface area contributed by atoms with E-state index in [1.54, 1.807) is 4.90 Å². The first-order chi connectivity index (χ1) is 15.6. The van der Waals surface area contributed by atoms with Gasteiger partial charge < -0.3 is 25.2 Å². The SMILES string of the molecule is CCNC(=NCc1ccc(C(=O)N2CCCCC2)cc1)NC1CCN(C(=O)OCC)CC1. The molecule has 32 heavy (non-hydrogen) atoms. The maximum Gasteiger partial charge on any atom is 0.409 e. The standard InChI is InChI=1S/C24H37N5O3/c1-3-25-23(27-21-12-16-29(17-13-21)24(31)32-4-2)26-18-19-8-10-20(11-9-19)22(30)28-14-6-5-7-15-28/h8-11,21H,3-7,12-18H2,1-2H3,(H2,25,26,27). The van der Waals surface area contributed by atoms with Crippen molar-refractivity contribution < 1.29 is 14.3 Å². The van der Waals surface area contributed by atoms with Crippen molar-refractivity contribution in [2.75, 3.05) is 39.3 Å². The molecule has 0 unspecified atom stereocenters. The second-order valence-corrected chi connectivity index (χ2v) is 8.35. The van der Waals surface area contributed by atoms with Gasteiger partial charge in [0, 0.05) is 44.3 Å². The fourth-order valence-corrected chi connectivity index (χ4v) is 4.14. The molecule has 1 aromatic rings. The fourth-order valence-electron chi connectivity index (χ4n) is 4.14. The Labute approximate surface area is 191 Å². The minimum absolute atomic E-state index is 0.129. The highest BCUT2D eigenvalue weighted by molar-refractivity contribution is 5.94. The van der Waals surface area contributed by atoms with Crippen molar-refractivity contribution in [2.45, 2.75) is 58.5 Å². The van der Waals surface area contributed by atoms with E-state index >= 15 is 0 Å². The van der Waals surface area contributed by atoms with E-state index < -0.39 is 0 Å². The first-order valence-corrected chi connectivity index (χ1v) is 12.0. The molecule has 176 valence electrons. The Balaban J connectivity index is 1.51. The van der Waals surface area contributed by atoms with Crippen LogP contribution >= 0.6 is 0 Å². The summed E-state index contributed by atoms with van der Waals surface area (Å²) in [6, 6.07) is 8.06. The molecular weight excluding hydrogens is 406 g/mol. The average Bonchev–Trinajstić information content (AvgIpc) is 2.84. The van der Waals surface area contributed by atoms with Gasteiger partial charge in [-0.05, 0) is 63.6 Å². The Bertz CT molecular complexity index is 766. The van der Waals surface area contributed by atoms with Crippen molar-refractivity contribution in [1.29, 1.82) is 0 Å². The van der Waals surface area contributed by atoms with Gasteiger partial charge in [0.2, 0.25) is 0 Å². The summed E-state index contributed by atoms with van der Waals surface area (Å²) in [5.74, 6) is 0.902. The predicted molar refractivity (Wildman–Crippen MR) is 126 cm³/mol. The molecule has 2 aliphatic heterocycles. The molecule has 2 N–H and O–H groups in total. The molecule has 0 aliphatic carbocycles. The van der Waals surface area contributed by atoms with Crippen LogP contribution in [0.4, 0.5) is 4.79 Å². The largest absolute Gasteiger partial charge is 0.450 e. The average molecular weight is 444 g/mol. The Hall–Kier alpha value is -2.77. The second-order valence-electron chi connectivity index (χ2n) is 8.35. The summed E-state index contributed by atoms with van der Waals surface area (Å²) in [7, 11) is 0. The third-order valence-corrected chi connectivity index (χ3v) is 5.97. The topological polar surface area (TPSA) is 86.3 Å². The number of carbonyl (C=O) groups excluding carboxylic acids is 2. The van der Waals surface area contributed by atoms with E-state index in [2.05, 4.69) is 10.6 Å². The van der Waals surface area contributed by atoms with Gasteiger partial charge >= 0.3 is 6.09 Å². The molecule has 3 rings (SSSR count). The van der Waals surface area contributed by atoms with Crippen LogP contribution in [-0.4, -0.2) is 73.1 Å². The molecule has 2 fully saturated rings. The highest BCUT2D eigenvalue weighted by Gasteiger charge is 2.24. The van der Waals surface area contributed by atoms with Crippen molar-refractivity contribution in [3.05, 3.63) is 35.4 Å². The maximum absolute atomic E-state index is 12.6. The van der Waals surface area contributed by atoms with Gasteiger partial charge in [-0.25, -0.2) is 9.79 Å². The lowest BCUT2D eigenvalue weighted by molar-refractivity contribution is 0.0724. The van der Waals surface area contributed by atoms with E-state index in [1.807, 2.05) is 43.0 Å². The summed E-state index contributed by atoms with van der Waals surface area (Å²) < 4.78 is 5.09. The van der Waals surface area contributed by atoms with E-state index in [4.69, 9.17) is 9.73 Å². The number of carbonyl (C=O) groups is 2. The Morgan fingerprint density at radius 3 is 2.31 bits per heavy atom. The molecule has 0 aromatic heterocycles. The lowest BCUT2D eigenvalue weighted by Crippen LogP contribution is -2.49. The number of hydrogen-bond donors (Lipinski definition) is 2. The molecule has 8 nitrogen and oxygen atoms in total. The molecule has 0 saturated carbocycles. The van der Waals surface area contributed by atoms with Gasteiger partial charge in [-0.3, -0.25) is 4.79 Å². The molecule has 1 aromatic carbocycles. The summed E-state index contributed by atoms with van der Waals surface area (Å²) in [6.07, 6.45) is 4.90. The molecule has 0 spiro atoms. The van der Waals surface area contributed by atoms with Crippen molar-refractivity contribution >= 4 is 18.0 Å². The Morgan fingerprint density at radius 1 is 1.00 bits per heavy atom. The number of aliphatic imine (C=N–C) groups is 1. The minimum Gasteiger partial charge on any atom is -0.450 e. The second kappa shape index (κ2) is 12.3. The van der Waals surface area contributed by atoms with Gasteiger partial charge in [0.05, 0.1) is 13.2 Å². The summed E-state index contributed by atoms with van der Waals surface area (Å²) in [6.45, 7) is 8.67. The van der Waals surface area contributed by atoms with E-state index in [9.17, 15) is 9.59 Å². The van der Waals surface area contributed by atoms with Crippen LogP contribution in [0.15, 0.2) is 29.3 Å². The van der Waals surface area contributed by atoms with Crippen LogP contribution < -0.4 is 10.6 Å². The van der Waals surface area contributed by atoms with Gasteiger partial charge in [0.1, 0.15) is 0 Å². The third kappa shape index (κ3) is 6.87. The van der Waals surface area contributed by atoms with Gasteiger partial charge in [-0.1, -0.05) is 12.1 Å². The number of likely N-dealkylation sites (tertiary alicyclic amines) is 2. The van der Waals surface area contributed by atoms with Crippen LogP contribution in [0.1, 0.15) is 61.9 Å². The first kappa shape index (κ1) is 23.9. The predicted octanol–water partition coefficient (Wildman–Crippen LogP) is 2.99. The lowest BCUT2D eigenvalue weighted by atomic mass is 10.1. The zero-order chi connectivity index (χ0) is 22.8. The normalized spacial score (nSPS) is 17.8. The highest BCUT2D eigenvalue weighted by atomic mass is 16.6. The first-order valence-electron chi connectivity index (χ1n) is 12.0. The van der Waals surface area contributed by atoms with Crippen LogP contribution in [0, 0.1) is 0 Å². The number of nitrogens with one attached hydrogen (secondary N) is 2. The van der Waals surface area contributed by atoms with Crippen LogP contribution in [-0.2, 0) is 11.3 Å². The van der Waals surface area contributed by atoms with Gasteiger partial charge in [0.25, 0.3) is 5.91 Å². The zero-order valence-electron chi connectivity index (χ0n) is 19.4. The molecule has 8 heteroatoms. The molecule has 0 bridgehead atoms. The molecular formula is C24H37N5O3. The summed E-state index contributed by atoms with van der Waals surface area (Å²) in [5, 5.41) is 6.79. The number of amides is 2. The van der Waals surface area contributed by atoms with Crippen LogP contribution in [0.3, 0.4) is 0 Å². The molecule has 2 aliphatic rings. The van der Waals surface area contributed by atoms with Crippen LogP contribution in [0.2, 0.25) is 0 Å². The van der Waals surface area contributed by atoms with Gasteiger partial charge in [0.15, 0.2) is 5.96 Å². The van der Waals surface area contributed by atoms with E-state index in [1.165, 1.54) is 6.42 Å². The monoisotopic (exact) mass is 443 g/mol. The number of ether oxygens (including phenoxy) is 1. The zero-order valence-corrected chi connectivity index (χ0v) is 19.4. The third-order valence-electron chi connectivity index (χ3n) is 5.97. The summed E-state index contributed by atoms with van der Waals surface area (Å²) in [5.41, 5.74) is 1.81. The quantitative estimate of drug-likeness (QED) is 0.521. The molecule has 0 atom stereocenters. The maximum atomic E-state index is 12.6. The van der Waals surface area contributed by atoms with E-state index in [0.717, 1.165) is 62.4 Å². The molecule has 2 amide bonds. The summed E-state index contributed by atoms with van der Waals surface area (Å²) >= 11 is 0. The van der Waals surface area contributed by atoms with Crippen molar-refractivity contribution in [1.82, 2.24) is 20.4 Å². The Kier molecular flexibility index (Phi) is 9.19. The van der Waals surface area contributed by atoms with Crippen molar-refractivity contribution in [3.8, 4) is 0 Å². The van der Waals surface area contributed by atoms with Gasteiger partial charge in [-0.15, -0.1) is 0 Å². The number of hydrogen-bond acceptors (Lipinski definition) is 4. The molecule has 2 heterocycles. The highest BCUT2D eigenvalue weighted by Crippen LogP contribution is 2.15. The van der Waals surface area contributed by atoms with Crippen LogP contribution in [0.5, 0.6) is 0 Å². The van der Waals surface area contributed by atoms with Gasteiger partial charge in [-0.2, -0.15) is 0 Å². The number of benzene rings is 1. The molecule has 2 saturated heterocycles. The molecule has 0 radical (unpaired) electrons. The number of guanidine groups is 1. The lowest BCUT2D eigenvalue weighted by Gasteiger charge is -2.32. The van der Waals surface area contributed by atoms with Crippen molar-refractivity contribution in [3.63, 3.8) is 0 Å². The van der Waals surface area contributed by atoms with E-state index in [0.29, 0.717) is 26.2 Å². The number of nitrogens with zero attached hydrogens (tertiary/aromatic N) is 3. The van der Waals surface area contributed by atoms with Crippen LogP contribution in [0.25, 0.3) is 0 Å². The minimum atomic E-state index is -0.228. The number of rotatable bonds is 6. The Morgan fingerprint density at radius 2 is 1.69 bits per heavy atom. The summed E-state index contributed by atoms with van der Waals surface area (Å²) in [4.78, 5) is 32.9. The van der Waals surface area contributed by atoms with Crippen molar-refractivity contribution in [2.24, 2.45) is 4.99 Å². The van der Waals surface area contributed by atoms with E-state index in [-0.39, 0.29) is 18.0 Å². The fraction of sp³-hybridized carbons (Fsp3) is 0.625.